The maximum atomic E-state index is 12.6. The van der Waals surface area contributed by atoms with Crippen molar-refractivity contribution in [3.05, 3.63) is 45.9 Å². The standard InChI is InChI=1S/C15H13F3N2O3S/c1-9-19-12(8-24-9)6-14(22)23-7-13(21)20-11-4-2-3-10(5-11)15(16,17)18/h2-5,8H,6-7H2,1H3,(H,20,21). The SMILES string of the molecule is Cc1nc(CC(=O)OCC(=O)Nc2cccc(C(F)(F)F)c2)cs1. The summed E-state index contributed by atoms with van der Waals surface area (Å²) >= 11 is 1.39. The van der Waals surface area contributed by atoms with Crippen molar-refractivity contribution in [3.8, 4) is 0 Å². The number of hydrogen-bond acceptors (Lipinski definition) is 5. The highest BCUT2D eigenvalue weighted by atomic mass is 32.1. The fraction of sp³-hybridized carbons (Fsp3) is 0.267. The van der Waals surface area contributed by atoms with Crippen LogP contribution in [0.4, 0.5) is 18.9 Å². The number of benzene rings is 1. The minimum atomic E-state index is -4.50. The summed E-state index contributed by atoms with van der Waals surface area (Å²) in [5, 5.41) is 4.76. The van der Waals surface area contributed by atoms with Crippen molar-refractivity contribution in [2.45, 2.75) is 19.5 Å². The lowest BCUT2D eigenvalue weighted by molar-refractivity contribution is -0.146. The second-order valence-corrected chi connectivity index (χ2v) is 5.88. The highest BCUT2D eigenvalue weighted by Crippen LogP contribution is 2.30. The summed E-state index contributed by atoms with van der Waals surface area (Å²) < 4.78 is 42.5. The zero-order valence-corrected chi connectivity index (χ0v) is 13.3. The molecule has 2 rings (SSSR count). The summed E-state index contributed by atoms with van der Waals surface area (Å²) in [6.45, 7) is 1.21. The Hall–Kier alpha value is -2.42. The Kier molecular flexibility index (Phi) is 5.55. The van der Waals surface area contributed by atoms with Gasteiger partial charge in [-0.05, 0) is 25.1 Å². The third-order valence-electron chi connectivity index (χ3n) is 2.83. The van der Waals surface area contributed by atoms with E-state index in [0.29, 0.717) is 5.69 Å². The maximum Gasteiger partial charge on any atom is 0.416 e. The van der Waals surface area contributed by atoms with Gasteiger partial charge in [0.05, 0.1) is 22.7 Å². The van der Waals surface area contributed by atoms with Gasteiger partial charge in [-0.3, -0.25) is 9.59 Å². The number of thiazole rings is 1. The van der Waals surface area contributed by atoms with Crippen LogP contribution in [0.1, 0.15) is 16.3 Å². The van der Waals surface area contributed by atoms with Crippen molar-refractivity contribution in [1.29, 1.82) is 0 Å². The third kappa shape index (κ3) is 5.34. The number of anilines is 1. The number of amides is 1. The lowest BCUT2D eigenvalue weighted by Gasteiger charge is -2.10. The van der Waals surface area contributed by atoms with Gasteiger partial charge in [-0.25, -0.2) is 4.98 Å². The number of esters is 1. The molecule has 1 amide bonds. The van der Waals surface area contributed by atoms with Gasteiger partial charge in [0, 0.05) is 11.1 Å². The van der Waals surface area contributed by atoms with E-state index in [4.69, 9.17) is 4.74 Å². The van der Waals surface area contributed by atoms with Crippen LogP contribution < -0.4 is 5.32 Å². The Bertz CT molecular complexity index is 744. The molecule has 9 heteroatoms. The fourth-order valence-corrected chi connectivity index (χ4v) is 2.42. The van der Waals surface area contributed by atoms with Gasteiger partial charge in [-0.2, -0.15) is 13.2 Å². The number of aryl methyl sites for hydroxylation is 1. The molecular formula is C15H13F3N2O3S. The predicted octanol–water partition coefficient (Wildman–Crippen LogP) is 3.19. The molecule has 1 aromatic carbocycles. The number of hydrogen-bond donors (Lipinski definition) is 1. The van der Waals surface area contributed by atoms with Crippen LogP contribution in [0.25, 0.3) is 0 Å². The highest BCUT2D eigenvalue weighted by molar-refractivity contribution is 7.09. The van der Waals surface area contributed by atoms with Crippen LogP contribution in [-0.2, 0) is 26.9 Å². The lowest BCUT2D eigenvalue weighted by atomic mass is 10.2. The molecule has 1 N–H and O–H groups in total. The number of nitrogens with one attached hydrogen (secondary N) is 1. The quantitative estimate of drug-likeness (QED) is 0.834. The first-order chi connectivity index (χ1) is 11.2. The Morgan fingerprint density at radius 3 is 2.71 bits per heavy atom. The van der Waals surface area contributed by atoms with Gasteiger partial charge in [-0.15, -0.1) is 11.3 Å². The Labute approximate surface area is 139 Å². The van der Waals surface area contributed by atoms with E-state index in [2.05, 4.69) is 10.3 Å². The predicted molar refractivity (Wildman–Crippen MR) is 81.6 cm³/mol. The van der Waals surface area contributed by atoms with Gasteiger partial charge < -0.3 is 10.1 Å². The molecule has 0 aliphatic heterocycles. The average Bonchev–Trinajstić information content (AvgIpc) is 2.90. The van der Waals surface area contributed by atoms with E-state index in [1.54, 1.807) is 12.3 Å². The molecule has 0 bridgehead atoms. The molecule has 0 fully saturated rings. The van der Waals surface area contributed by atoms with Crippen LogP contribution in [-0.4, -0.2) is 23.5 Å². The average molecular weight is 358 g/mol. The van der Waals surface area contributed by atoms with Crippen LogP contribution in [0.15, 0.2) is 29.6 Å². The van der Waals surface area contributed by atoms with Gasteiger partial charge in [0.2, 0.25) is 0 Å². The molecule has 1 aromatic heterocycles. The first kappa shape index (κ1) is 17.9. The monoisotopic (exact) mass is 358 g/mol. The van der Waals surface area contributed by atoms with Gasteiger partial charge in [0.15, 0.2) is 6.61 Å². The summed E-state index contributed by atoms with van der Waals surface area (Å²) in [5.41, 5.74) is -0.363. The highest BCUT2D eigenvalue weighted by Gasteiger charge is 2.30. The molecule has 0 atom stereocenters. The van der Waals surface area contributed by atoms with E-state index in [1.165, 1.54) is 23.5 Å². The van der Waals surface area contributed by atoms with E-state index in [1.807, 2.05) is 0 Å². The second kappa shape index (κ2) is 7.43. The maximum absolute atomic E-state index is 12.6. The minimum Gasteiger partial charge on any atom is -0.455 e. The molecule has 0 aliphatic carbocycles. The largest absolute Gasteiger partial charge is 0.455 e. The van der Waals surface area contributed by atoms with Crippen LogP contribution in [0.5, 0.6) is 0 Å². The molecule has 2 aromatic rings. The van der Waals surface area contributed by atoms with Crippen molar-refractivity contribution >= 4 is 28.9 Å². The van der Waals surface area contributed by atoms with Crippen LogP contribution in [0, 0.1) is 6.92 Å². The van der Waals surface area contributed by atoms with Gasteiger partial charge in [0.25, 0.3) is 5.91 Å². The van der Waals surface area contributed by atoms with E-state index < -0.39 is 30.2 Å². The normalized spacial score (nSPS) is 11.2. The first-order valence-corrected chi connectivity index (χ1v) is 7.66. The molecular weight excluding hydrogens is 345 g/mol. The van der Waals surface area contributed by atoms with Gasteiger partial charge in [0.1, 0.15) is 0 Å². The lowest BCUT2D eigenvalue weighted by Crippen LogP contribution is -2.22. The van der Waals surface area contributed by atoms with Crippen LogP contribution in [0.2, 0.25) is 0 Å². The van der Waals surface area contributed by atoms with Crippen molar-refractivity contribution in [1.82, 2.24) is 4.98 Å². The molecule has 128 valence electrons. The number of alkyl halides is 3. The smallest absolute Gasteiger partial charge is 0.416 e. The second-order valence-electron chi connectivity index (χ2n) is 4.82. The number of rotatable bonds is 5. The zero-order valence-electron chi connectivity index (χ0n) is 12.5. The fourth-order valence-electron chi connectivity index (χ4n) is 1.80. The molecule has 1 heterocycles. The van der Waals surface area contributed by atoms with Gasteiger partial charge in [-0.1, -0.05) is 6.07 Å². The van der Waals surface area contributed by atoms with Crippen molar-refractivity contribution in [2.24, 2.45) is 0 Å². The molecule has 0 radical (unpaired) electrons. The number of ether oxygens (including phenoxy) is 1. The van der Waals surface area contributed by atoms with E-state index in [-0.39, 0.29) is 12.1 Å². The topological polar surface area (TPSA) is 68.3 Å². The third-order valence-corrected chi connectivity index (χ3v) is 3.65. The molecule has 0 aliphatic rings. The number of carbonyl (C=O) groups is 2. The van der Waals surface area contributed by atoms with Gasteiger partial charge >= 0.3 is 12.1 Å². The molecule has 0 spiro atoms. The summed E-state index contributed by atoms with van der Waals surface area (Å²) in [6, 6.07) is 4.19. The van der Waals surface area contributed by atoms with E-state index in [9.17, 15) is 22.8 Å². The minimum absolute atomic E-state index is 0.0269. The Morgan fingerprint density at radius 2 is 2.08 bits per heavy atom. The molecule has 0 unspecified atom stereocenters. The summed E-state index contributed by atoms with van der Waals surface area (Å²) in [5.74, 6) is -1.36. The summed E-state index contributed by atoms with van der Waals surface area (Å²) in [4.78, 5) is 27.3. The van der Waals surface area contributed by atoms with Crippen molar-refractivity contribution < 1.29 is 27.5 Å². The molecule has 5 nitrogen and oxygen atoms in total. The number of carbonyl (C=O) groups excluding carboxylic acids is 2. The number of nitrogens with zero attached hydrogens (tertiary/aromatic N) is 1. The molecule has 0 saturated carbocycles. The van der Waals surface area contributed by atoms with Crippen molar-refractivity contribution in [2.75, 3.05) is 11.9 Å². The van der Waals surface area contributed by atoms with Crippen molar-refractivity contribution in [3.63, 3.8) is 0 Å². The molecule has 24 heavy (non-hydrogen) atoms. The summed E-state index contributed by atoms with van der Waals surface area (Å²) in [7, 11) is 0. The van der Waals surface area contributed by atoms with Crippen LogP contribution in [0.3, 0.4) is 0 Å². The number of aromatic nitrogens is 1. The van der Waals surface area contributed by atoms with Crippen LogP contribution >= 0.6 is 11.3 Å². The van der Waals surface area contributed by atoms with E-state index >= 15 is 0 Å². The first-order valence-electron chi connectivity index (χ1n) is 6.78. The Balaban J connectivity index is 1.84. The zero-order chi connectivity index (χ0) is 17.7. The Morgan fingerprint density at radius 1 is 1.33 bits per heavy atom. The number of halogens is 3. The van der Waals surface area contributed by atoms with E-state index in [0.717, 1.165) is 17.1 Å². The molecule has 0 saturated heterocycles. The summed E-state index contributed by atoms with van der Waals surface area (Å²) in [6.07, 6.45) is -4.57.